The van der Waals surface area contributed by atoms with Crippen LogP contribution in [-0.4, -0.2) is 44.2 Å². The van der Waals surface area contributed by atoms with E-state index in [1.165, 1.54) is 28.7 Å². The molecule has 0 bridgehead atoms. The molecule has 4 aliphatic carbocycles. The molecule has 3 saturated carbocycles. The minimum atomic E-state index is -1.45. The van der Waals surface area contributed by atoms with E-state index in [9.17, 15) is 19.8 Å². The number of carbonyl (C=O) groups excluding carboxylic acids is 2. The lowest BCUT2D eigenvalue weighted by molar-refractivity contribution is -0.178. The molecule has 6 nitrogen and oxygen atoms in total. The zero-order valence-corrected chi connectivity index (χ0v) is 22.5. The van der Waals surface area contributed by atoms with Gasteiger partial charge in [-0.1, -0.05) is 31.2 Å². The maximum atomic E-state index is 13.6. The third kappa shape index (κ3) is 3.47. The van der Waals surface area contributed by atoms with Gasteiger partial charge in [-0.05, 0) is 86.0 Å². The van der Waals surface area contributed by atoms with Gasteiger partial charge in [-0.3, -0.25) is 9.59 Å². The molecule has 0 saturated heterocycles. The van der Waals surface area contributed by atoms with Gasteiger partial charge in [0.15, 0.2) is 15.9 Å². The average Bonchev–Trinajstić information content (AvgIpc) is 3.35. The van der Waals surface area contributed by atoms with Crippen molar-refractivity contribution < 1.29 is 19.8 Å². The molecule has 1 heterocycles. The highest BCUT2D eigenvalue weighted by atomic mass is 32.2. The summed E-state index contributed by atoms with van der Waals surface area (Å²) in [6.45, 7) is 4.26. The van der Waals surface area contributed by atoms with Crippen LogP contribution in [0.15, 0.2) is 34.2 Å². The van der Waals surface area contributed by atoms with Crippen molar-refractivity contribution in [2.75, 3.05) is 11.5 Å². The summed E-state index contributed by atoms with van der Waals surface area (Å²) in [4.78, 5) is 30.3. The third-order valence-electron chi connectivity index (χ3n) is 10.2. The van der Waals surface area contributed by atoms with Crippen LogP contribution in [0.3, 0.4) is 0 Å². The summed E-state index contributed by atoms with van der Waals surface area (Å²) in [7, 11) is 0. The number of aromatic nitrogens is 1. The zero-order valence-electron chi connectivity index (χ0n) is 20.8. The lowest BCUT2D eigenvalue weighted by Crippen LogP contribution is -2.61. The van der Waals surface area contributed by atoms with Gasteiger partial charge in [0.1, 0.15) is 5.60 Å². The number of thiazole rings is 1. The third-order valence-corrected chi connectivity index (χ3v) is 12.4. The SMILES string of the molecule is CC12CCC(=O)C=C1CCC1C2C(O)CC2(C)C1CC[C@]2(O)C(=O)CSc1nc2ccc(N)cc2s1. The van der Waals surface area contributed by atoms with Crippen LogP contribution >= 0.6 is 23.1 Å². The van der Waals surface area contributed by atoms with Crippen molar-refractivity contribution in [2.24, 2.45) is 28.6 Å². The molecular formula is C28H34N2O4S2. The molecular weight excluding hydrogens is 492 g/mol. The van der Waals surface area contributed by atoms with E-state index in [0.717, 1.165) is 40.2 Å². The number of ketones is 2. The normalized spacial score (nSPS) is 39.9. The highest BCUT2D eigenvalue weighted by molar-refractivity contribution is 8.01. The van der Waals surface area contributed by atoms with E-state index in [0.29, 0.717) is 24.9 Å². The molecule has 6 rings (SSSR count). The zero-order chi connectivity index (χ0) is 25.5. The summed E-state index contributed by atoms with van der Waals surface area (Å²) in [6.07, 6.45) is 5.99. The van der Waals surface area contributed by atoms with Crippen molar-refractivity contribution in [1.82, 2.24) is 4.98 Å². The number of hydrogen-bond donors (Lipinski definition) is 3. The molecule has 2 aromatic rings. The number of Topliss-reactive ketones (excluding diaryl/α,β-unsaturated/α-hetero) is 1. The van der Waals surface area contributed by atoms with Crippen molar-refractivity contribution in [2.45, 2.75) is 74.8 Å². The summed E-state index contributed by atoms with van der Waals surface area (Å²) in [5.74, 6) is 0.708. The number of aliphatic hydroxyl groups is 2. The first-order chi connectivity index (χ1) is 17.0. The summed E-state index contributed by atoms with van der Waals surface area (Å²) >= 11 is 2.89. The monoisotopic (exact) mass is 526 g/mol. The highest BCUT2D eigenvalue weighted by Gasteiger charge is 2.68. The fourth-order valence-corrected chi connectivity index (χ4v) is 10.5. The molecule has 4 N–H and O–H groups in total. The van der Waals surface area contributed by atoms with E-state index < -0.39 is 17.1 Å². The van der Waals surface area contributed by atoms with E-state index in [1.54, 1.807) is 0 Å². The van der Waals surface area contributed by atoms with Gasteiger partial charge in [0.2, 0.25) is 0 Å². The molecule has 36 heavy (non-hydrogen) atoms. The fraction of sp³-hybridized carbons (Fsp3) is 0.607. The first-order valence-electron chi connectivity index (χ1n) is 13.0. The average molecular weight is 527 g/mol. The number of rotatable bonds is 4. The molecule has 0 amide bonds. The minimum absolute atomic E-state index is 0.0747. The van der Waals surface area contributed by atoms with E-state index >= 15 is 0 Å². The number of benzene rings is 1. The van der Waals surface area contributed by atoms with Gasteiger partial charge in [-0.15, -0.1) is 11.3 Å². The van der Waals surface area contributed by atoms with Gasteiger partial charge in [0, 0.05) is 17.5 Å². The smallest absolute Gasteiger partial charge is 0.175 e. The first-order valence-corrected chi connectivity index (χ1v) is 14.8. The molecule has 1 aromatic carbocycles. The number of nitrogens with two attached hydrogens (primary N) is 1. The maximum absolute atomic E-state index is 13.6. The Morgan fingerprint density at radius 3 is 2.86 bits per heavy atom. The largest absolute Gasteiger partial charge is 0.399 e. The number of thioether (sulfide) groups is 1. The van der Waals surface area contributed by atoms with Crippen LogP contribution in [0.4, 0.5) is 5.69 Å². The van der Waals surface area contributed by atoms with Gasteiger partial charge in [-0.2, -0.15) is 0 Å². The number of hydrogen-bond acceptors (Lipinski definition) is 8. The summed E-state index contributed by atoms with van der Waals surface area (Å²) in [5.41, 5.74) is 6.35. The Bertz CT molecular complexity index is 1290. The first kappa shape index (κ1) is 24.6. The number of nitrogens with zero attached hydrogens (tertiary/aromatic N) is 1. The Morgan fingerprint density at radius 1 is 1.25 bits per heavy atom. The standard InChI is InChI=1S/C28H34N2O4S2/c1-26-9-7-17(31)11-15(26)3-5-18-19-8-10-28(34,27(19,2)13-21(32)24(18)26)23(33)14-35-25-30-20-6-4-16(29)12-22(20)36-25/h4,6,11-12,18-19,21,24,32,34H,3,5,7-10,13-14,29H2,1-2H3/t18?,19?,21?,24?,26?,27?,28-/m0/s1. The van der Waals surface area contributed by atoms with E-state index in [-0.39, 0.29) is 40.5 Å². The van der Waals surface area contributed by atoms with Gasteiger partial charge >= 0.3 is 0 Å². The van der Waals surface area contributed by atoms with Crippen LogP contribution in [-0.2, 0) is 9.59 Å². The molecule has 7 atom stereocenters. The van der Waals surface area contributed by atoms with Gasteiger partial charge in [0.05, 0.1) is 22.1 Å². The van der Waals surface area contributed by atoms with Crippen LogP contribution in [0.25, 0.3) is 10.2 Å². The molecule has 1 aromatic heterocycles. The quantitative estimate of drug-likeness (QED) is 0.388. The Kier molecular flexibility index (Phi) is 5.73. The lowest BCUT2D eigenvalue weighted by Gasteiger charge is -2.60. The van der Waals surface area contributed by atoms with Crippen LogP contribution in [0, 0.1) is 28.6 Å². The Hall–Kier alpha value is -1.74. The second-order valence-corrected chi connectivity index (χ2v) is 14.1. The number of nitrogen functional groups attached to an aromatic ring is 1. The van der Waals surface area contributed by atoms with Crippen LogP contribution in [0.2, 0.25) is 0 Å². The summed E-state index contributed by atoms with van der Waals surface area (Å²) in [5, 5.41) is 23.5. The van der Waals surface area contributed by atoms with Crippen molar-refractivity contribution in [3.63, 3.8) is 0 Å². The van der Waals surface area contributed by atoms with Gasteiger partial charge in [0.25, 0.3) is 0 Å². The van der Waals surface area contributed by atoms with Crippen LogP contribution in [0.1, 0.15) is 58.8 Å². The molecule has 3 fully saturated rings. The summed E-state index contributed by atoms with van der Waals surface area (Å²) in [6, 6.07) is 5.60. The van der Waals surface area contributed by atoms with E-state index in [1.807, 2.05) is 31.2 Å². The van der Waals surface area contributed by atoms with Crippen LogP contribution < -0.4 is 5.73 Å². The number of anilines is 1. The molecule has 192 valence electrons. The molecule has 0 aliphatic heterocycles. The molecule has 0 spiro atoms. The molecule has 0 radical (unpaired) electrons. The summed E-state index contributed by atoms with van der Waals surface area (Å²) < 4.78 is 1.78. The molecule has 8 heteroatoms. The second-order valence-electron chi connectivity index (χ2n) is 11.9. The van der Waals surface area contributed by atoms with Crippen molar-refractivity contribution in [1.29, 1.82) is 0 Å². The lowest BCUT2D eigenvalue weighted by atomic mass is 9.45. The molecule has 6 unspecified atom stereocenters. The minimum Gasteiger partial charge on any atom is -0.399 e. The predicted octanol–water partition coefficient (Wildman–Crippen LogP) is 4.77. The van der Waals surface area contributed by atoms with Crippen LogP contribution in [0.5, 0.6) is 0 Å². The number of fused-ring (bicyclic) bond motifs is 6. The Morgan fingerprint density at radius 2 is 2.06 bits per heavy atom. The van der Waals surface area contributed by atoms with Crippen molar-refractivity contribution in [3.8, 4) is 0 Å². The fourth-order valence-electron chi connectivity index (χ4n) is 8.38. The maximum Gasteiger partial charge on any atom is 0.175 e. The van der Waals surface area contributed by atoms with Crippen molar-refractivity contribution in [3.05, 3.63) is 29.8 Å². The Labute approximate surface area is 219 Å². The van der Waals surface area contributed by atoms with Crippen molar-refractivity contribution >= 4 is 50.6 Å². The number of carbonyl (C=O) groups is 2. The second kappa shape index (κ2) is 8.38. The number of allylic oxidation sites excluding steroid dienone is 1. The van der Waals surface area contributed by atoms with Gasteiger partial charge < -0.3 is 15.9 Å². The molecule has 4 aliphatic rings. The predicted molar refractivity (Wildman–Crippen MR) is 143 cm³/mol. The number of aliphatic hydroxyl groups excluding tert-OH is 1. The van der Waals surface area contributed by atoms with Gasteiger partial charge in [-0.25, -0.2) is 4.98 Å². The highest BCUT2D eigenvalue weighted by Crippen LogP contribution is 2.67. The van der Waals surface area contributed by atoms with E-state index in [4.69, 9.17) is 5.73 Å². The van der Waals surface area contributed by atoms with E-state index in [2.05, 4.69) is 11.9 Å². The Balaban J connectivity index is 1.23. The topological polar surface area (TPSA) is 114 Å².